The molecule has 12 heteroatoms. The molecule has 0 aromatic heterocycles. The lowest BCUT2D eigenvalue weighted by Gasteiger charge is -2.38. The van der Waals surface area contributed by atoms with Gasteiger partial charge in [-0.1, -0.05) is 13.8 Å². The molecular formula is C27H36N2O9S. The largest absolute Gasteiger partial charge is 0.493 e. The Balaban J connectivity index is 1.52. The summed E-state index contributed by atoms with van der Waals surface area (Å²) >= 11 is 0. The van der Waals surface area contributed by atoms with Gasteiger partial charge in [-0.2, -0.15) is 4.31 Å². The van der Waals surface area contributed by atoms with Crippen molar-refractivity contribution in [1.82, 2.24) is 9.21 Å². The molecule has 0 radical (unpaired) electrons. The molecule has 1 saturated heterocycles. The number of rotatable bonds is 12. The molecule has 0 saturated carbocycles. The van der Waals surface area contributed by atoms with Crippen LogP contribution >= 0.6 is 0 Å². The highest BCUT2D eigenvalue weighted by Crippen LogP contribution is 2.41. The summed E-state index contributed by atoms with van der Waals surface area (Å²) in [5, 5.41) is 9.03. The summed E-state index contributed by atoms with van der Waals surface area (Å²) in [4.78, 5) is 26.0. The van der Waals surface area contributed by atoms with E-state index < -0.39 is 21.4 Å². The Morgan fingerprint density at radius 3 is 1.97 bits per heavy atom. The number of ether oxygens (including phenoxy) is 4. The Hall–Kier alpha value is -3.51. The normalized spacial score (nSPS) is 14.5. The van der Waals surface area contributed by atoms with Crippen LogP contribution in [-0.4, -0.2) is 88.7 Å². The number of piperazine rings is 1. The number of amides is 1. The number of sulfonamides is 1. The van der Waals surface area contributed by atoms with Crippen LogP contribution in [0.3, 0.4) is 0 Å². The van der Waals surface area contributed by atoms with Crippen LogP contribution in [0.2, 0.25) is 0 Å². The maximum absolute atomic E-state index is 13.3. The number of aromatic carboxylic acids is 1. The third-order valence-electron chi connectivity index (χ3n) is 6.70. The van der Waals surface area contributed by atoms with Crippen molar-refractivity contribution in [2.75, 3.05) is 54.1 Å². The lowest BCUT2D eigenvalue weighted by Crippen LogP contribution is -2.53. The molecule has 11 nitrogen and oxygen atoms in total. The minimum atomic E-state index is -3.79. The molecule has 3 rings (SSSR count). The van der Waals surface area contributed by atoms with Crippen molar-refractivity contribution < 1.29 is 42.1 Å². The summed E-state index contributed by atoms with van der Waals surface area (Å²) in [5.74, 6) is 0.841. The monoisotopic (exact) mass is 564 g/mol. The van der Waals surface area contributed by atoms with E-state index in [9.17, 15) is 18.0 Å². The smallest absolute Gasteiger partial charge is 0.335 e. The molecule has 2 aromatic rings. The minimum absolute atomic E-state index is 0.0143. The van der Waals surface area contributed by atoms with Gasteiger partial charge in [-0.05, 0) is 37.1 Å². The number of hydrogen-bond acceptors (Lipinski definition) is 8. The second kappa shape index (κ2) is 12.6. The lowest BCUT2D eigenvalue weighted by atomic mass is 9.86. The fraction of sp³-hybridized carbons (Fsp3) is 0.481. The van der Waals surface area contributed by atoms with Crippen LogP contribution in [0.15, 0.2) is 41.3 Å². The average molecular weight is 565 g/mol. The van der Waals surface area contributed by atoms with E-state index in [0.29, 0.717) is 42.4 Å². The molecule has 1 fully saturated rings. The molecule has 39 heavy (non-hydrogen) atoms. The highest BCUT2D eigenvalue weighted by Gasteiger charge is 2.36. The fourth-order valence-electron chi connectivity index (χ4n) is 4.43. The molecule has 1 N–H and O–H groups in total. The summed E-state index contributed by atoms with van der Waals surface area (Å²) in [6, 6.07) is 8.54. The van der Waals surface area contributed by atoms with E-state index in [4.69, 9.17) is 24.1 Å². The van der Waals surface area contributed by atoms with Gasteiger partial charge in [-0.15, -0.1) is 0 Å². The number of carboxylic acid groups (broad SMARTS) is 1. The third kappa shape index (κ3) is 6.93. The van der Waals surface area contributed by atoms with Crippen LogP contribution in [0.1, 0.15) is 37.0 Å². The Morgan fingerprint density at radius 2 is 1.49 bits per heavy atom. The number of benzene rings is 2. The number of methoxy groups -OCH3 is 3. The van der Waals surface area contributed by atoms with Gasteiger partial charge in [0.15, 0.2) is 11.5 Å². The van der Waals surface area contributed by atoms with E-state index in [2.05, 4.69) is 0 Å². The van der Waals surface area contributed by atoms with E-state index >= 15 is 0 Å². The molecular weight excluding hydrogens is 528 g/mol. The van der Waals surface area contributed by atoms with E-state index in [1.54, 1.807) is 17.0 Å². The lowest BCUT2D eigenvalue weighted by molar-refractivity contribution is -0.142. The Morgan fingerprint density at radius 1 is 0.923 bits per heavy atom. The Bertz CT molecular complexity index is 1240. The van der Waals surface area contributed by atoms with Crippen LogP contribution in [0.25, 0.3) is 0 Å². The topological polar surface area (TPSA) is 132 Å². The van der Waals surface area contributed by atoms with E-state index in [1.165, 1.54) is 49.9 Å². The van der Waals surface area contributed by atoms with Crippen molar-refractivity contribution >= 4 is 21.9 Å². The van der Waals surface area contributed by atoms with Crippen molar-refractivity contribution in [2.45, 2.75) is 31.6 Å². The number of carbonyl (C=O) groups excluding carboxylic acids is 1. The molecule has 0 unspecified atom stereocenters. The molecule has 0 aliphatic carbocycles. The maximum atomic E-state index is 13.3. The van der Waals surface area contributed by atoms with E-state index in [1.807, 2.05) is 13.8 Å². The van der Waals surface area contributed by atoms with Gasteiger partial charge in [0.25, 0.3) is 0 Å². The summed E-state index contributed by atoms with van der Waals surface area (Å²) in [5.41, 5.74) is -0.646. The highest BCUT2D eigenvalue weighted by molar-refractivity contribution is 7.89. The third-order valence-corrected chi connectivity index (χ3v) is 8.61. The number of hydrogen-bond donors (Lipinski definition) is 1. The first kappa shape index (κ1) is 30.0. The van der Waals surface area contributed by atoms with Gasteiger partial charge in [0.1, 0.15) is 5.75 Å². The zero-order valence-electron chi connectivity index (χ0n) is 22.9. The van der Waals surface area contributed by atoms with Crippen LogP contribution in [0.4, 0.5) is 0 Å². The van der Waals surface area contributed by atoms with Crippen molar-refractivity contribution in [2.24, 2.45) is 5.41 Å². The first-order valence-electron chi connectivity index (χ1n) is 12.5. The maximum Gasteiger partial charge on any atom is 0.335 e. The van der Waals surface area contributed by atoms with Crippen molar-refractivity contribution in [1.29, 1.82) is 0 Å². The fourth-order valence-corrected chi connectivity index (χ4v) is 5.85. The molecule has 1 heterocycles. The molecule has 214 valence electrons. The summed E-state index contributed by atoms with van der Waals surface area (Å²) < 4.78 is 49.2. The molecule has 0 bridgehead atoms. The molecule has 0 spiro atoms. The molecule has 0 atom stereocenters. The predicted molar refractivity (Wildman–Crippen MR) is 143 cm³/mol. The summed E-state index contributed by atoms with van der Waals surface area (Å²) in [6.07, 6.45) is 1.20. The first-order valence-corrected chi connectivity index (χ1v) is 13.9. The summed E-state index contributed by atoms with van der Waals surface area (Å²) in [6.45, 7) is 5.00. The van der Waals surface area contributed by atoms with Gasteiger partial charge >= 0.3 is 5.97 Å². The Labute approximate surface area is 229 Å². The van der Waals surface area contributed by atoms with Crippen LogP contribution < -0.4 is 18.9 Å². The van der Waals surface area contributed by atoms with Crippen molar-refractivity contribution in [3.63, 3.8) is 0 Å². The molecule has 2 aromatic carbocycles. The van der Waals surface area contributed by atoms with Crippen LogP contribution in [0, 0.1) is 5.41 Å². The van der Waals surface area contributed by atoms with Gasteiger partial charge in [-0.3, -0.25) is 4.79 Å². The van der Waals surface area contributed by atoms with Gasteiger partial charge in [-0.25, -0.2) is 13.2 Å². The predicted octanol–water partition coefficient (Wildman–Crippen LogP) is 3.13. The van der Waals surface area contributed by atoms with Crippen molar-refractivity contribution in [3.05, 3.63) is 42.0 Å². The molecule has 1 aliphatic heterocycles. The van der Waals surface area contributed by atoms with E-state index in [-0.39, 0.29) is 42.5 Å². The van der Waals surface area contributed by atoms with Gasteiger partial charge in [0.05, 0.1) is 38.4 Å². The number of carboxylic acids is 1. The zero-order chi connectivity index (χ0) is 28.8. The highest BCUT2D eigenvalue weighted by atomic mass is 32.2. The average Bonchev–Trinajstić information content (AvgIpc) is 2.94. The standard InChI is InChI=1S/C27H36N2O9S/c1-27(2,11-6-16-38-20-17-22(35-3)24(37-5)23(18-20)36-4)26(32)28-12-14-29(15-13-28)39(33,34)21-9-7-19(8-10-21)25(30)31/h7-10,17-18H,6,11-16H2,1-5H3,(H,30,31). The minimum Gasteiger partial charge on any atom is -0.493 e. The van der Waals surface area contributed by atoms with Crippen LogP contribution in [0.5, 0.6) is 23.0 Å². The molecule has 1 amide bonds. The first-order chi connectivity index (χ1) is 18.4. The SMILES string of the molecule is COc1cc(OCCCC(C)(C)C(=O)N2CCN(S(=O)(=O)c3ccc(C(=O)O)cc3)CC2)cc(OC)c1OC. The van der Waals surface area contributed by atoms with Gasteiger partial charge < -0.3 is 29.0 Å². The van der Waals surface area contributed by atoms with Gasteiger partial charge in [0, 0.05) is 43.7 Å². The quantitative estimate of drug-likeness (QED) is 0.386. The van der Waals surface area contributed by atoms with Crippen molar-refractivity contribution in [3.8, 4) is 23.0 Å². The van der Waals surface area contributed by atoms with Gasteiger partial charge in [0.2, 0.25) is 21.7 Å². The Kier molecular flexibility index (Phi) is 9.68. The second-order valence-corrected chi connectivity index (χ2v) is 11.7. The number of carbonyl (C=O) groups is 2. The van der Waals surface area contributed by atoms with Crippen LogP contribution in [-0.2, 0) is 14.8 Å². The zero-order valence-corrected chi connectivity index (χ0v) is 23.7. The number of nitrogens with zero attached hydrogens (tertiary/aromatic N) is 2. The second-order valence-electron chi connectivity index (χ2n) is 9.72. The van der Waals surface area contributed by atoms with E-state index in [0.717, 1.165) is 0 Å². The summed E-state index contributed by atoms with van der Waals surface area (Å²) in [7, 11) is 0.802. The molecule has 1 aliphatic rings.